The van der Waals surface area contributed by atoms with Gasteiger partial charge in [0.15, 0.2) is 0 Å². The summed E-state index contributed by atoms with van der Waals surface area (Å²) in [6.07, 6.45) is -4.29. The molecule has 6 heteroatoms. The summed E-state index contributed by atoms with van der Waals surface area (Å²) in [7, 11) is 0. The van der Waals surface area contributed by atoms with Gasteiger partial charge in [0.05, 0.1) is 5.56 Å². The van der Waals surface area contributed by atoms with Crippen LogP contribution in [0, 0.1) is 0 Å². The molecule has 0 aromatic heterocycles. The number of hydrogen-bond acceptors (Lipinski definition) is 2. The molecule has 1 fully saturated rings. The van der Waals surface area contributed by atoms with Crippen LogP contribution in [0.5, 0.6) is 0 Å². The van der Waals surface area contributed by atoms with Gasteiger partial charge in [-0.1, -0.05) is 46.3 Å². The van der Waals surface area contributed by atoms with Crippen molar-refractivity contribution in [3.8, 4) is 0 Å². The molecule has 0 unspecified atom stereocenters. The molecular weight excluding hydrogens is 393 g/mol. The van der Waals surface area contributed by atoms with Crippen LogP contribution in [0.25, 0.3) is 0 Å². The zero-order chi connectivity index (χ0) is 17.9. The molecule has 25 heavy (non-hydrogen) atoms. The van der Waals surface area contributed by atoms with Crippen LogP contribution >= 0.6 is 15.9 Å². The van der Waals surface area contributed by atoms with E-state index in [2.05, 4.69) is 37.9 Å². The Labute approximate surface area is 154 Å². The van der Waals surface area contributed by atoms with Crippen molar-refractivity contribution in [3.63, 3.8) is 0 Å². The largest absolute Gasteiger partial charge is 0.416 e. The molecule has 0 atom stereocenters. The lowest BCUT2D eigenvalue weighted by Gasteiger charge is -2.35. The third-order valence-electron chi connectivity index (χ3n) is 4.48. The summed E-state index contributed by atoms with van der Waals surface area (Å²) in [6, 6.07) is 14.1. The maximum absolute atomic E-state index is 13.1. The van der Waals surface area contributed by atoms with E-state index in [1.807, 2.05) is 12.1 Å². The van der Waals surface area contributed by atoms with Gasteiger partial charge in [0, 0.05) is 43.7 Å². The number of hydrogen-bond donors (Lipinski definition) is 0. The summed E-state index contributed by atoms with van der Waals surface area (Å²) >= 11 is 3.48. The fraction of sp³-hybridized carbons (Fsp3) is 0.368. The average molecular weight is 413 g/mol. The first-order chi connectivity index (χ1) is 11.9. The highest BCUT2D eigenvalue weighted by molar-refractivity contribution is 9.10. The molecule has 0 saturated carbocycles. The van der Waals surface area contributed by atoms with Crippen molar-refractivity contribution >= 4 is 15.9 Å². The Kier molecular flexibility index (Phi) is 5.81. The van der Waals surface area contributed by atoms with Crippen molar-refractivity contribution in [1.29, 1.82) is 0 Å². The lowest BCUT2D eigenvalue weighted by Crippen LogP contribution is -2.45. The van der Waals surface area contributed by atoms with Gasteiger partial charge in [-0.15, -0.1) is 0 Å². The van der Waals surface area contributed by atoms with Gasteiger partial charge in [0.2, 0.25) is 0 Å². The first kappa shape index (κ1) is 18.4. The summed E-state index contributed by atoms with van der Waals surface area (Å²) in [5, 5.41) is 0. The Balaban J connectivity index is 1.57. The molecule has 2 aromatic carbocycles. The lowest BCUT2D eigenvalue weighted by atomic mass is 10.1. The molecule has 1 aliphatic rings. The van der Waals surface area contributed by atoms with E-state index in [4.69, 9.17) is 0 Å². The highest BCUT2D eigenvalue weighted by Gasteiger charge is 2.33. The van der Waals surface area contributed by atoms with E-state index in [9.17, 15) is 13.2 Å². The van der Waals surface area contributed by atoms with Crippen LogP contribution in [0.2, 0.25) is 0 Å². The summed E-state index contributed by atoms with van der Waals surface area (Å²) in [4.78, 5) is 4.44. The molecule has 1 heterocycles. The second kappa shape index (κ2) is 7.89. The number of halogens is 4. The van der Waals surface area contributed by atoms with E-state index in [0.717, 1.165) is 37.2 Å². The molecule has 0 aliphatic carbocycles. The molecule has 0 N–H and O–H groups in total. The van der Waals surface area contributed by atoms with Crippen molar-refractivity contribution in [2.24, 2.45) is 0 Å². The third kappa shape index (κ3) is 5.06. The van der Waals surface area contributed by atoms with Crippen LogP contribution in [0.1, 0.15) is 16.7 Å². The molecular formula is C19H20BrF3N2. The van der Waals surface area contributed by atoms with Gasteiger partial charge in [-0.25, -0.2) is 0 Å². The number of piperazine rings is 1. The van der Waals surface area contributed by atoms with Gasteiger partial charge in [-0.05, 0) is 29.3 Å². The number of rotatable bonds is 4. The predicted molar refractivity (Wildman–Crippen MR) is 96.1 cm³/mol. The van der Waals surface area contributed by atoms with Gasteiger partial charge < -0.3 is 0 Å². The summed E-state index contributed by atoms with van der Waals surface area (Å²) < 4.78 is 40.4. The first-order valence-corrected chi connectivity index (χ1v) is 9.05. The van der Waals surface area contributed by atoms with Crippen molar-refractivity contribution in [2.45, 2.75) is 19.3 Å². The molecule has 3 rings (SSSR count). The van der Waals surface area contributed by atoms with Crippen LogP contribution in [0.4, 0.5) is 13.2 Å². The molecule has 2 aromatic rings. The van der Waals surface area contributed by atoms with E-state index in [1.54, 1.807) is 12.1 Å². The van der Waals surface area contributed by atoms with Gasteiger partial charge in [0.25, 0.3) is 0 Å². The SMILES string of the molecule is FC(F)(F)c1ccccc1CN1CCN(Cc2cccc(Br)c2)CC1. The number of alkyl halides is 3. The zero-order valence-electron chi connectivity index (χ0n) is 13.8. The maximum Gasteiger partial charge on any atom is 0.416 e. The van der Waals surface area contributed by atoms with Crippen molar-refractivity contribution in [1.82, 2.24) is 9.80 Å². The molecule has 0 amide bonds. The normalized spacial score (nSPS) is 17.0. The maximum atomic E-state index is 13.1. The highest BCUT2D eigenvalue weighted by Crippen LogP contribution is 2.32. The van der Waals surface area contributed by atoms with E-state index < -0.39 is 11.7 Å². The highest BCUT2D eigenvalue weighted by atomic mass is 79.9. The van der Waals surface area contributed by atoms with Crippen molar-refractivity contribution < 1.29 is 13.2 Å². The van der Waals surface area contributed by atoms with Crippen LogP contribution in [-0.4, -0.2) is 36.0 Å². The smallest absolute Gasteiger partial charge is 0.297 e. The predicted octanol–water partition coefficient (Wildman–Crippen LogP) is 4.79. The summed E-state index contributed by atoms with van der Waals surface area (Å²) in [5.41, 5.74) is 1.08. The summed E-state index contributed by atoms with van der Waals surface area (Å²) in [6.45, 7) is 4.49. The van der Waals surface area contributed by atoms with Gasteiger partial charge in [-0.3, -0.25) is 9.80 Å². The minimum atomic E-state index is -4.29. The first-order valence-electron chi connectivity index (χ1n) is 8.26. The van der Waals surface area contributed by atoms with E-state index in [1.165, 1.54) is 17.7 Å². The minimum absolute atomic E-state index is 0.348. The molecule has 0 spiro atoms. The molecule has 1 saturated heterocycles. The Hall–Kier alpha value is -1.37. The van der Waals surface area contributed by atoms with Crippen molar-refractivity contribution in [3.05, 3.63) is 69.7 Å². The molecule has 0 radical (unpaired) electrons. The Morgan fingerprint density at radius 1 is 0.840 bits per heavy atom. The van der Waals surface area contributed by atoms with E-state index in [0.29, 0.717) is 12.1 Å². The van der Waals surface area contributed by atoms with E-state index >= 15 is 0 Å². The standard InChI is InChI=1S/C19H20BrF3N2/c20-17-6-3-4-15(12-17)13-24-8-10-25(11-9-24)14-16-5-1-2-7-18(16)19(21,22)23/h1-7,12H,8-11,13-14H2. The summed E-state index contributed by atoms with van der Waals surface area (Å²) in [5.74, 6) is 0. The van der Waals surface area contributed by atoms with Gasteiger partial charge >= 0.3 is 6.18 Å². The van der Waals surface area contributed by atoms with E-state index in [-0.39, 0.29) is 0 Å². The van der Waals surface area contributed by atoms with Crippen LogP contribution in [0.15, 0.2) is 53.0 Å². The third-order valence-corrected chi connectivity index (χ3v) is 4.97. The second-order valence-corrected chi connectivity index (χ2v) is 7.25. The quantitative estimate of drug-likeness (QED) is 0.712. The fourth-order valence-electron chi connectivity index (χ4n) is 3.17. The number of nitrogens with zero attached hydrogens (tertiary/aromatic N) is 2. The minimum Gasteiger partial charge on any atom is -0.297 e. The average Bonchev–Trinajstić information content (AvgIpc) is 2.56. The topological polar surface area (TPSA) is 6.48 Å². The van der Waals surface area contributed by atoms with Crippen LogP contribution < -0.4 is 0 Å². The van der Waals surface area contributed by atoms with Gasteiger partial charge in [-0.2, -0.15) is 13.2 Å². The lowest BCUT2D eigenvalue weighted by molar-refractivity contribution is -0.138. The molecule has 1 aliphatic heterocycles. The van der Waals surface area contributed by atoms with Crippen LogP contribution in [-0.2, 0) is 19.3 Å². The monoisotopic (exact) mass is 412 g/mol. The Morgan fingerprint density at radius 3 is 2.12 bits per heavy atom. The molecule has 0 bridgehead atoms. The zero-order valence-corrected chi connectivity index (χ0v) is 15.4. The number of benzene rings is 2. The Morgan fingerprint density at radius 2 is 1.48 bits per heavy atom. The molecule has 2 nitrogen and oxygen atoms in total. The van der Waals surface area contributed by atoms with Crippen LogP contribution in [0.3, 0.4) is 0 Å². The van der Waals surface area contributed by atoms with Crippen molar-refractivity contribution in [2.75, 3.05) is 26.2 Å². The van der Waals surface area contributed by atoms with Gasteiger partial charge in [0.1, 0.15) is 0 Å². The second-order valence-electron chi connectivity index (χ2n) is 6.34. The Bertz CT molecular complexity index is 710. The fourth-order valence-corrected chi connectivity index (χ4v) is 3.62. The molecule has 134 valence electrons.